The van der Waals surface area contributed by atoms with E-state index < -0.39 is 24.2 Å². The van der Waals surface area contributed by atoms with Crippen LogP contribution >= 0.6 is 0 Å². The lowest BCUT2D eigenvalue weighted by Crippen LogP contribution is -2.39. The summed E-state index contributed by atoms with van der Waals surface area (Å²) in [4.78, 5) is 67.9. The fourth-order valence-electron chi connectivity index (χ4n) is 6.95. The molecule has 2 aliphatic rings. The van der Waals surface area contributed by atoms with Crippen molar-refractivity contribution in [3.63, 3.8) is 0 Å². The monoisotopic (exact) mass is 680 g/mol. The van der Waals surface area contributed by atoms with E-state index >= 15 is 0 Å². The number of benzene rings is 2. The molecule has 49 heavy (non-hydrogen) atoms. The predicted molar refractivity (Wildman–Crippen MR) is 182 cm³/mol. The molecule has 2 aromatic rings. The minimum Gasteiger partial charge on any atom is -0.428 e. The molecule has 4 rings (SSSR count). The minimum absolute atomic E-state index is 0.0348. The lowest BCUT2D eigenvalue weighted by atomic mass is 9.60. The van der Waals surface area contributed by atoms with E-state index in [9.17, 15) is 19.2 Å². The number of ether oxygens (including phenoxy) is 2. The van der Waals surface area contributed by atoms with Crippen LogP contribution in [0.25, 0.3) is 0 Å². The second-order valence-electron chi connectivity index (χ2n) is 16.1. The van der Waals surface area contributed by atoms with E-state index in [-0.39, 0.29) is 39.6 Å². The lowest BCUT2D eigenvalue weighted by Gasteiger charge is -2.46. The van der Waals surface area contributed by atoms with Crippen molar-refractivity contribution in [2.45, 2.75) is 130 Å². The number of rotatable bonds is 6. The number of carbonyl (C=O) groups excluding carboxylic acids is 4. The summed E-state index contributed by atoms with van der Waals surface area (Å²) in [6.45, 7) is 17.0. The van der Waals surface area contributed by atoms with Gasteiger partial charge in [-0.3, -0.25) is 0 Å². The van der Waals surface area contributed by atoms with Gasteiger partial charge in [-0.05, 0) is 115 Å². The Labute approximate surface area is 290 Å². The maximum atomic E-state index is 12.3. The van der Waals surface area contributed by atoms with Gasteiger partial charge in [-0.15, -0.1) is 0 Å². The van der Waals surface area contributed by atoms with Crippen molar-refractivity contribution in [1.29, 1.82) is 0 Å². The quantitative estimate of drug-likeness (QED) is 0.165. The van der Waals surface area contributed by atoms with Gasteiger partial charge in [0.05, 0.1) is 11.1 Å². The van der Waals surface area contributed by atoms with Gasteiger partial charge in [-0.1, -0.05) is 79.7 Å². The molecule has 10 nitrogen and oxygen atoms in total. The van der Waals surface area contributed by atoms with Gasteiger partial charge < -0.3 is 9.47 Å². The van der Waals surface area contributed by atoms with Crippen LogP contribution in [0, 0.1) is 17.3 Å². The third-order valence-corrected chi connectivity index (χ3v) is 10.3. The molecule has 0 unspecified atom stereocenters. The van der Waals surface area contributed by atoms with E-state index in [1.165, 1.54) is 0 Å². The highest BCUT2D eigenvalue weighted by Crippen LogP contribution is 2.49. The molecule has 0 aliphatic heterocycles. The molecular formula is C39H52O10. The average molecular weight is 681 g/mol. The highest BCUT2D eigenvalue weighted by Gasteiger charge is 2.41. The Morgan fingerprint density at radius 1 is 0.469 bits per heavy atom. The Hall–Kier alpha value is -4.08. The number of carbonyl (C=O) groups is 4. The standard InChI is InChI=1S/C39H52O10/c1-37(2,3)27-13-9-25(10-14-27)33(40)46-48-35(42)44-31-21-17-29(18-22-31)39(7,8)30-19-23-32(24-20-30)45-36(43)49-47-34(41)26-11-15-28(16-12-26)38(4,5)6/h9-16,29-32H,17-24H2,1-8H3. The van der Waals surface area contributed by atoms with Gasteiger partial charge in [0.2, 0.25) is 0 Å². The normalized spacial score (nSPS) is 21.6. The minimum atomic E-state index is -1.02. The maximum Gasteiger partial charge on any atom is 0.550 e. The first kappa shape index (κ1) is 37.7. The van der Waals surface area contributed by atoms with Crippen molar-refractivity contribution >= 4 is 24.2 Å². The second kappa shape index (κ2) is 15.6. The van der Waals surface area contributed by atoms with E-state index in [0.717, 1.165) is 36.8 Å². The van der Waals surface area contributed by atoms with E-state index in [1.807, 2.05) is 24.3 Å². The zero-order valence-electron chi connectivity index (χ0n) is 30.2. The van der Waals surface area contributed by atoms with Crippen molar-refractivity contribution in [1.82, 2.24) is 0 Å². The van der Waals surface area contributed by atoms with E-state index in [1.54, 1.807) is 24.3 Å². The van der Waals surface area contributed by atoms with Crippen LogP contribution in [0.1, 0.15) is 139 Å². The molecule has 0 saturated heterocycles. The summed E-state index contributed by atoms with van der Waals surface area (Å²) in [5, 5.41) is 0. The Bertz CT molecular complexity index is 1320. The number of hydrogen-bond donors (Lipinski definition) is 0. The molecule has 2 saturated carbocycles. The molecule has 0 atom stereocenters. The molecule has 0 heterocycles. The van der Waals surface area contributed by atoms with Crippen LogP contribution in [0.3, 0.4) is 0 Å². The van der Waals surface area contributed by atoms with Crippen molar-refractivity contribution in [3.05, 3.63) is 70.8 Å². The molecular weight excluding hydrogens is 628 g/mol. The zero-order valence-corrected chi connectivity index (χ0v) is 30.2. The van der Waals surface area contributed by atoms with Gasteiger partial charge >= 0.3 is 24.2 Å². The maximum absolute atomic E-state index is 12.3. The fourth-order valence-corrected chi connectivity index (χ4v) is 6.95. The second-order valence-corrected chi connectivity index (χ2v) is 16.1. The third kappa shape index (κ3) is 10.5. The van der Waals surface area contributed by atoms with E-state index in [4.69, 9.17) is 19.2 Å². The topological polar surface area (TPSA) is 124 Å². The zero-order chi connectivity index (χ0) is 36.0. The van der Waals surface area contributed by atoms with Crippen LogP contribution in [-0.2, 0) is 39.9 Å². The molecule has 2 aromatic carbocycles. The van der Waals surface area contributed by atoms with Crippen molar-refractivity contribution in [2.24, 2.45) is 17.3 Å². The van der Waals surface area contributed by atoms with Crippen LogP contribution in [0.4, 0.5) is 9.59 Å². The first-order valence-corrected chi connectivity index (χ1v) is 17.3. The van der Waals surface area contributed by atoms with Crippen LogP contribution in [0.2, 0.25) is 0 Å². The molecule has 2 aliphatic carbocycles. The van der Waals surface area contributed by atoms with Crippen LogP contribution < -0.4 is 0 Å². The summed E-state index contributed by atoms with van der Waals surface area (Å²) in [5.74, 6) is -0.662. The molecule has 0 bridgehead atoms. The SMILES string of the molecule is CC(C)(C)c1ccc(C(=O)OOC(=O)OC2CCC(C(C)(C)C3CCC(OC(=O)OOC(=O)c4ccc(C(C)(C)C)cc4)CC3)CC2)cc1. The number of hydrogen-bond acceptors (Lipinski definition) is 10. The summed E-state index contributed by atoms with van der Waals surface area (Å²) in [6.07, 6.45) is 3.64. The summed E-state index contributed by atoms with van der Waals surface area (Å²) >= 11 is 0. The summed E-state index contributed by atoms with van der Waals surface area (Å²) in [6, 6.07) is 14.0. The van der Waals surface area contributed by atoms with Gasteiger partial charge in [-0.25, -0.2) is 29.1 Å². The Kier molecular flexibility index (Phi) is 12.0. The van der Waals surface area contributed by atoms with Gasteiger partial charge in [0, 0.05) is 0 Å². The smallest absolute Gasteiger partial charge is 0.428 e. The summed E-state index contributed by atoms with van der Waals surface area (Å²) in [5.41, 5.74) is 2.64. The lowest BCUT2D eigenvalue weighted by molar-refractivity contribution is -0.209. The van der Waals surface area contributed by atoms with Crippen LogP contribution in [0.5, 0.6) is 0 Å². The molecule has 0 N–H and O–H groups in total. The average Bonchev–Trinajstić information content (AvgIpc) is 3.06. The Morgan fingerprint density at radius 2 is 0.776 bits per heavy atom. The third-order valence-electron chi connectivity index (χ3n) is 10.3. The Morgan fingerprint density at radius 3 is 1.06 bits per heavy atom. The van der Waals surface area contributed by atoms with Gasteiger partial charge in [0.15, 0.2) is 0 Å². The summed E-state index contributed by atoms with van der Waals surface area (Å²) in [7, 11) is 0. The molecule has 0 radical (unpaired) electrons. The van der Waals surface area contributed by atoms with Crippen molar-refractivity contribution < 1.29 is 48.2 Å². The molecule has 0 amide bonds. The molecule has 0 spiro atoms. The van der Waals surface area contributed by atoms with Gasteiger partial charge in [0.1, 0.15) is 12.2 Å². The first-order chi connectivity index (χ1) is 22.9. The molecule has 2 fully saturated rings. The fraction of sp³-hybridized carbons (Fsp3) is 0.590. The van der Waals surface area contributed by atoms with E-state index in [2.05, 4.69) is 65.2 Å². The summed E-state index contributed by atoms with van der Waals surface area (Å²) < 4.78 is 10.9. The van der Waals surface area contributed by atoms with Crippen molar-refractivity contribution in [3.8, 4) is 0 Å². The van der Waals surface area contributed by atoms with Gasteiger partial charge in [0.25, 0.3) is 0 Å². The first-order valence-electron chi connectivity index (χ1n) is 17.3. The molecule has 10 heteroatoms. The van der Waals surface area contributed by atoms with Crippen LogP contribution in [0.15, 0.2) is 48.5 Å². The highest BCUT2D eigenvalue weighted by atomic mass is 17.2. The Balaban J connectivity index is 1.13. The highest BCUT2D eigenvalue weighted by molar-refractivity contribution is 5.90. The van der Waals surface area contributed by atoms with E-state index in [0.29, 0.717) is 37.5 Å². The van der Waals surface area contributed by atoms with Crippen molar-refractivity contribution in [2.75, 3.05) is 0 Å². The molecule has 268 valence electrons. The van der Waals surface area contributed by atoms with Crippen LogP contribution in [-0.4, -0.2) is 36.5 Å². The van der Waals surface area contributed by atoms with Gasteiger partial charge in [-0.2, -0.15) is 9.59 Å². The largest absolute Gasteiger partial charge is 0.550 e. The molecule has 0 aromatic heterocycles. The predicted octanol–water partition coefficient (Wildman–Crippen LogP) is 9.58.